The zero-order chi connectivity index (χ0) is 14.6. The molecule has 1 unspecified atom stereocenters. The summed E-state index contributed by atoms with van der Waals surface area (Å²) in [4.78, 5) is 0.274. The van der Waals surface area contributed by atoms with Gasteiger partial charge in [0.2, 0.25) is 10.0 Å². The van der Waals surface area contributed by atoms with Crippen LogP contribution in [0.5, 0.6) is 0 Å². The number of nitrogens with one attached hydrogen (secondary N) is 1. The summed E-state index contributed by atoms with van der Waals surface area (Å²) in [6.07, 6.45) is 1.93. The molecule has 2 rings (SSSR count). The van der Waals surface area contributed by atoms with Crippen LogP contribution in [0.1, 0.15) is 19.8 Å². The average molecular weight is 299 g/mol. The lowest BCUT2D eigenvalue weighted by Gasteiger charge is -2.23. The van der Waals surface area contributed by atoms with Crippen molar-refractivity contribution in [2.45, 2.75) is 30.8 Å². The van der Waals surface area contributed by atoms with Crippen LogP contribution in [0, 0.1) is 0 Å². The number of hydrogen-bond donors (Lipinski definition) is 2. The molecule has 1 aromatic carbocycles. The summed E-state index contributed by atoms with van der Waals surface area (Å²) in [7, 11) is -3.48. The molecule has 20 heavy (non-hydrogen) atoms. The van der Waals surface area contributed by atoms with Crippen LogP contribution in [0.25, 0.3) is 0 Å². The summed E-state index contributed by atoms with van der Waals surface area (Å²) in [5.41, 5.74) is 3.15. The number of hydrazine groups is 1. The first-order chi connectivity index (χ1) is 9.57. The number of likely N-dealkylation sites (N-methyl/N-ethyl adjacent to an activating group) is 1. The van der Waals surface area contributed by atoms with E-state index in [-0.39, 0.29) is 11.0 Å². The lowest BCUT2D eigenvalue weighted by molar-refractivity contribution is 0.0947. The molecule has 1 aliphatic rings. The molecule has 0 radical (unpaired) electrons. The van der Waals surface area contributed by atoms with Gasteiger partial charge in [0.25, 0.3) is 0 Å². The van der Waals surface area contributed by atoms with Crippen LogP contribution >= 0.6 is 0 Å². The van der Waals surface area contributed by atoms with Crippen LogP contribution in [0.3, 0.4) is 0 Å². The second kappa shape index (κ2) is 6.53. The van der Waals surface area contributed by atoms with Crippen LogP contribution in [-0.4, -0.2) is 38.5 Å². The van der Waals surface area contributed by atoms with Gasteiger partial charge in [-0.1, -0.05) is 6.92 Å². The third-order valence-electron chi connectivity index (χ3n) is 3.44. The van der Waals surface area contributed by atoms with Crippen molar-refractivity contribution in [3.8, 4) is 0 Å². The summed E-state index contributed by atoms with van der Waals surface area (Å²) < 4.78 is 32.1. The molecule has 7 heteroatoms. The van der Waals surface area contributed by atoms with E-state index in [1.165, 1.54) is 4.31 Å². The van der Waals surface area contributed by atoms with Gasteiger partial charge in [-0.25, -0.2) is 8.42 Å². The monoisotopic (exact) mass is 299 g/mol. The fourth-order valence-electron chi connectivity index (χ4n) is 2.28. The van der Waals surface area contributed by atoms with E-state index in [9.17, 15) is 8.42 Å². The molecule has 0 amide bonds. The Morgan fingerprint density at radius 2 is 2.10 bits per heavy atom. The first-order valence-corrected chi connectivity index (χ1v) is 8.20. The normalized spacial score (nSPS) is 19.4. The first kappa shape index (κ1) is 15.2. The molecule has 3 N–H and O–H groups in total. The molecule has 1 saturated heterocycles. The minimum Gasteiger partial charge on any atom is -0.377 e. The maximum absolute atomic E-state index is 12.6. The number of sulfonamides is 1. The molecule has 1 heterocycles. The lowest BCUT2D eigenvalue weighted by Crippen LogP contribution is -2.37. The molecule has 0 saturated carbocycles. The van der Waals surface area contributed by atoms with E-state index in [0.717, 1.165) is 19.4 Å². The number of benzene rings is 1. The van der Waals surface area contributed by atoms with Crippen LogP contribution in [0.2, 0.25) is 0 Å². The highest BCUT2D eigenvalue weighted by molar-refractivity contribution is 7.89. The number of nitrogen functional groups attached to an aromatic ring is 1. The fraction of sp³-hybridized carbons (Fsp3) is 0.538. The van der Waals surface area contributed by atoms with Gasteiger partial charge in [-0.2, -0.15) is 4.31 Å². The van der Waals surface area contributed by atoms with E-state index in [4.69, 9.17) is 10.6 Å². The van der Waals surface area contributed by atoms with Crippen LogP contribution in [-0.2, 0) is 14.8 Å². The Balaban J connectivity index is 2.16. The SMILES string of the molecule is CCN(CC1CCCO1)S(=O)(=O)c1ccc(NN)cc1. The summed E-state index contributed by atoms with van der Waals surface area (Å²) in [5, 5.41) is 0. The lowest BCUT2D eigenvalue weighted by atomic mass is 10.2. The Morgan fingerprint density at radius 3 is 2.60 bits per heavy atom. The molecular weight excluding hydrogens is 278 g/mol. The molecule has 1 aromatic rings. The first-order valence-electron chi connectivity index (χ1n) is 6.76. The average Bonchev–Trinajstić information content (AvgIpc) is 2.97. The summed E-state index contributed by atoms with van der Waals surface area (Å²) in [6.45, 7) is 3.40. The number of anilines is 1. The molecule has 0 bridgehead atoms. The van der Waals surface area contributed by atoms with Crippen molar-refractivity contribution in [3.63, 3.8) is 0 Å². The van der Waals surface area contributed by atoms with Crippen molar-refractivity contribution in [2.75, 3.05) is 25.1 Å². The Kier molecular flexibility index (Phi) is 4.98. The van der Waals surface area contributed by atoms with Crippen molar-refractivity contribution in [3.05, 3.63) is 24.3 Å². The topological polar surface area (TPSA) is 84.7 Å². The third-order valence-corrected chi connectivity index (χ3v) is 5.40. The predicted molar refractivity (Wildman–Crippen MR) is 77.7 cm³/mol. The minimum atomic E-state index is -3.48. The Labute approximate surface area is 119 Å². The van der Waals surface area contributed by atoms with Crippen molar-refractivity contribution in [1.82, 2.24) is 4.31 Å². The van der Waals surface area contributed by atoms with E-state index in [1.807, 2.05) is 6.92 Å². The molecular formula is C13H21N3O3S. The summed E-state index contributed by atoms with van der Waals surface area (Å²) >= 11 is 0. The standard InChI is InChI=1S/C13H21N3O3S/c1-2-16(10-12-4-3-9-19-12)20(17,18)13-7-5-11(15-14)6-8-13/h5-8,12,15H,2-4,9-10,14H2,1H3. The van der Waals surface area contributed by atoms with Gasteiger partial charge in [0.1, 0.15) is 0 Å². The van der Waals surface area contributed by atoms with Crippen molar-refractivity contribution in [2.24, 2.45) is 5.84 Å². The van der Waals surface area contributed by atoms with Gasteiger partial charge in [0.05, 0.1) is 11.0 Å². The molecule has 112 valence electrons. The van der Waals surface area contributed by atoms with Crippen molar-refractivity contribution < 1.29 is 13.2 Å². The number of ether oxygens (including phenoxy) is 1. The summed E-state index contributed by atoms with van der Waals surface area (Å²) in [6, 6.07) is 6.41. The van der Waals surface area contributed by atoms with E-state index >= 15 is 0 Å². The van der Waals surface area contributed by atoms with E-state index < -0.39 is 10.0 Å². The number of hydrogen-bond acceptors (Lipinski definition) is 5. The van der Waals surface area contributed by atoms with Gasteiger partial charge >= 0.3 is 0 Å². The zero-order valence-corrected chi connectivity index (χ0v) is 12.4. The van der Waals surface area contributed by atoms with Crippen molar-refractivity contribution in [1.29, 1.82) is 0 Å². The Hall–Kier alpha value is -1.15. The van der Waals surface area contributed by atoms with Gasteiger partial charge < -0.3 is 10.2 Å². The maximum atomic E-state index is 12.6. The number of nitrogens with zero attached hydrogens (tertiary/aromatic N) is 1. The molecule has 1 atom stereocenters. The molecule has 6 nitrogen and oxygen atoms in total. The molecule has 1 aliphatic heterocycles. The highest BCUT2D eigenvalue weighted by Gasteiger charge is 2.27. The highest BCUT2D eigenvalue weighted by Crippen LogP contribution is 2.21. The number of rotatable bonds is 6. The summed E-state index contributed by atoms with van der Waals surface area (Å²) in [5.74, 6) is 5.28. The quantitative estimate of drug-likeness (QED) is 0.608. The zero-order valence-electron chi connectivity index (χ0n) is 11.6. The smallest absolute Gasteiger partial charge is 0.243 e. The molecule has 1 fully saturated rings. The van der Waals surface area contributed by atoms with Gasteiger partial charge in [-0.15, -0.1) is 0 Å². The van der Waals surface area contributed by atoms with Gasteiger partial charge in [-0.05, 0) is 37.1 Å². The molecule has 0 aliphatic carbocycles. The second-order valence-corrected chi connectivity index (χ2v) is 6.70. The van der Waals surface area contributed by atoms with Crippen LogP contribution in [0.4, 0.5) is 5.69 Å². The minimum absolute atomic E-state index is 0.00899. The maximum Gasteiger partial charge on any atom is 0.243 e. The molecule has 0 spiro atoms. The molecule has 0 aromatic heterocycles. The Morgan fingerprint density at radius 1 is 1.40 bits per heavy atom. The highest BCUT2D eigenvalue weighted by atomic mass is 32.2. The van der Waals surface area contributed by atoms with Gasteiger partial charge in [-0.3, -0.25) is 5.84 Å². The van der Waals surface area contributed by atoms with Crippen LogP contribution < -0.4 is 11.3 Å². The van der Waals surface area contributed by atoms with E-state index in [1.54, 1.807) is 24.3 Å². The fourth-order valence-corrected chi connectivity index (χ4v) is 3.77. The van der Waals surface area contributed by atoms with Crippen molar-refractivity contribution >= 4 is 15.7 Å². The van der Waals surface area contributed by atoms with E-state index in [0.29, 0.717) is 18.8 Å². The Bertz CT molecular complexity index is 524. The second-order valence-electron chi connectivity index (χ2n) is 4.76. The van der Waals surface area contributed by atoms with E-state index in [2.05, 4.69) is 5.43 Å². The third kappa shape index (κ3) is 3.29. The largest absolute Gasteiger partial charge is 0.377 e. The van der Waals surface area contributed by atoms with Gasteiger partial charge in [0, 0.05) is 25.4 Å². The van der Waals surface area contributed by atoms with Crippen LogP contribution in [0.15, 0.2) is 29.2 Å². The van der Waals surface area contributed by atoms with Gasteiger partial charge in [0.15, 0.2) is 0 Å². The number of nitrogens with two attached hydrogens (primary N) is 1. The predicted octanol–water partition coefficient (Wildman–Crippen LogP) is 1.16.